The number of hydrogen-bond donors (Lipinski definition) is 0. The summed E-state index contributed by atoms with van der Waals surface area (Å²) in [5, 5.41) is 0. The standard InChI is InChI=1S/C31H29FN2O2/c32-26-14-16-27(17-15-26)34(31(35)25-9-3-1-4-10-25)28-18-20-33(21-19-28)23-24-8-7-13-30(22-24)36-29-11-5-2-6-12-29/h1-17,22,28H,18-21,23H2. The number of nitrogens with zero attached hydrogens (tertiary/aromatic N) is 2. The van der Waals surface area contributed by atoms with Crippen molar-refractivity contribution in [2.45, 2.75) is 25.4 Å². The minimum atomic E-state index is -0.306. The van der Waals surface area contributed by atoms with Gasteiger partial charge in [-0.05, 0) is 79.1 Å². The molecule has 1 aliphatic rings. The molecule has 0 saturated carbocycles. The number of carbonyl (C=O) groups excluding carboxylic acids is 1. The number of carbonyl (C=O) groups is 1. The van der Waals surface area contributed by atoms with Crippen LogP contribution >= 0.6 is 0 Å². The van der Waals surface area contributed by atoms with Gasteiger partial charge in [0.05, 0.1) is 0 Å². The van der Waals surface area contributed by atoms with Crippen LogP contribution in [0.15, 0.2) is 109 Å². The third-order valence-corrected chi connectivity index (χ3v) is 6.55. The van der Waals surface area contributed by atoms with Crippen LogP contribution < -0.4 is 9.64 Å². The first-order valence-electron chi connectivity index (χ1n) is 12.3. The summed E-state index contributed by atoms with van der Waals surface area (Å²) in [4.78, 5) is 17.8. The van der Waals surface area contributed by atoms with E-state index < -0.39 is 0 Å². The van der Waals surface area contributed by atoms with E-state index >= 15 is 0 Å². The fourth-order valence-electron chi connectivity index (χ4n) is 4.74. The van der Waals surface area contributed by atoms with Crippen LogP contribution in [0.2, 0.25) is 0 Å². The van der Waals surface area contributed by atoms with Gasteiger partial charge >= 0.3 is 0 Å². The molecule has 0 radical (unpaired) electrons. The van der Waals surface area contributed by atoms with Gasteiger partial charge in [0.15, 0.2) is 0 Å². The van der Waals surface area contributed by atoms with Gasteiger partial charge in [0.2, 0.25) is 0 Å². The summed E-state index contributed by atoms with van der Waals surface area (Å²) in [6.45, 7) is 2.56. The van der Waals surface area contributed by atoms with E-state index in [0.29, 0.717) is 5.56 Å². The molecule has 0 unspecified atom stereocenters. The maximum atomic E-state index is 13.6. The Morgan fingerprint density at radius 3 is 2.14 bits per heavy atom. The smallest absolute Gasteiger partial charge is 0.258 e. The van der Waals surface area contributed by atoms with Crippen molar-refractivity contribution >= 4 is 11.6 Å². The van der Waals surface area contributed by atoms with E-state index in [2.05, 4.69) is 17.0 Å². The van der Waals surface area contributed by atoms with Gasteiger partial charge in [0, 0.05) is 36.9 Å². The molecule has 0 N–H and O–H groups in total. The Hall–Kier alpha value is -3.96. The van der Waals surface area contributed by atoms with Crippen LogP contribution in [-0.4, -0.2) is 29.9 Å². The van der Waals surface area contributed by atoms with Crippen LogP contribution in [0.1, 0.15) is 28.8 Å². The van der Waals surface area contributed by atoms with E-state index in [4.69, 9.17) is 4.74 Å². The molecule has 182 valence electrons. The van der Waals surface area contributed by atoms with Crippen molar-refractivity contribution in [1.29, 1.82) is 0 Å². The molecule has 0 spiro atoms. The highest BCUT2D eigenvalue weighted by Crippen LogP contribution is 2.28. The number of halogens is 1. The number of likely N-dealkylation sites (tertiary alicyclic amines) is 1. The Balaban J connectivity index is 1.26. The zero-order chi connectivity index (χ0) is 24.7. The molecule has 4 nitrogen and oxygen atoms in total. The number of hydrogen-bond acceptors (Lipinski definition) is 3. The first-order chi connectivity index (χ1) is 17.7. The molecule has 0 aliphatic carbocycles. The molecule has 1 amide bonds. The van der Waals surface area contributed by atoms with Gasteiger partial charge in [-0.25, -0.2) is 4.39 Å². The van der Waals surface area contributed by atoms with Gasteiger partial charge in [0.25, 0.3) is 5.91 Å². The lowest BCUT2D eigenvalue weighted by Crippen LogP contribution is -2.47. The van der Waals surface area contributed by atoms with Crippen molar-refractivity contribution in [3.63, 3.8) is 0 Å². The fourth-order valence-corrected chi connectivity index (χ4v) is 4.74. The molecule has 1 saturated heterocycles. The SMILES string of the molecule is O=C(c1ccccc1)N(c1ccc(F)cc1)C1CCN(Cc2cccc(Oc3ccccc3)c2)CC1. The summed E-state index contributed by atoms with van der Waals surface area (Å²) >= 11 is 0. The quantitative estimate of drug-likeness (QED) is 0.288. The minimum Gasteiger partial charge on any atom is -0.457 e. The van der Waals surface area contributed by atoms with Crippen molar-refractivity contribution in [3.05, 3.63) is 126 Å². The monoisotopic (exact) mass is 480 g/mol. The van der Waals surface area contributed by atoms with E-state index in [1.165, 1.54) is 17.7 Å². The topological polar surface area (TPSA) is 32.8 Å². The van der Waals surface area contributed by atoms with Crippen molar-refractivity contribution in [1.82, 2.24) is 4.90 Å². The van der Waals surface area contributed by atoms with Crippen molar-refractivity contribution in [2.24, 2.45) is 0 Å². The first kappa shape index (κ1) is 23.8. The lowest BCUT2D eigenvalue weighted by Gasteiger charge is -2.38. The Morgan fingerprint density at radius 1 is 0.806 bits per heavy atom. The predicted octanol–water partition coefficient (Wildman–Crippen LogP) is 6.93. The number of benzene rings is 4. The third-order valence-electron chi connectivity index (χ3n) is 6.55. The van der Waals surface area contributed by atoms with Crippen molar-refractivity contribution in [3.8, 4) is 11.5 Å². The lowest BCUT2D eigenvalue weighted by molar-refractivity contribution is 0.0958. The molecule has 1 aliphatic heterocycles. The summed E-state index contributed by atoms with van der Waals surface area (Å²) in [5.41, 5.74) is 2.56. The Morgan fingerprint density at radius 2 is 1.44 bits per heavy atom. The summed E-state index contributed by atoms with van der Waals surface area (Å²) in [7, 11) is 0. The fraction of sp³-hybridized carbons (Fsp3) is 0.194. The van der Waals surface area contributed by atoms with E-state index in [0.717, 1.165) is 49.7 Å². The molecular weight excluding hydrogens is 451 g/mol. The van der Waals surface area contributed by atoms with Crippen LogP contribution in [-0.2, 0) is 6.54 Å². The molecule has 36 heavy (non-hydrogen) atoms. The van der Waals surface area contributed by atoms with Crippen LogP contribution in [0.3, 0.4) is 0 Å². The number of piperidine rings is 1. The highest BCUT2D eigenvalue weighted by molar-refractivity contribution is 6.06. The maximum Gasteiger partial charge on any atom is 0.258 e. The average Bonchev–Trinajstić information content (AvgIpc) is 2.92. The Labute approximate surface area is 211 Å². The van der Waals surface area contributed by atoms with Gasteiger partial charge in [-0.3, -0.25) is 9.69 Å². The van der Waals surface area contributed by atoms with E-state index in [1.54, 1.807) is 12.1 Å². The minimum absolute atomic E-state index is 0.0483. The van der Waals surface area contributed by atoms with E-state index in [9.17, 15) is 9.18 Å². The molecular formula is C31H29FN2O2. The lowest BCUT2D eigenvalue weighted by atomic mass is 10.00. The van der Waals surface area contributed by atoms with Crippen LogP contribution in [0, 0.1) is 5.82 Å². The first-order valence-corrected chi connectivity index (χ1v) is 12.3. The van der Waals surface area contributed by atoms with Gasteiger partial charge in [-0.2, -0.15) is 0 Å². The second-order valence-electron chi connectivity index (χ2n) is 9.09. The Bertz CT molecular complexity index is 1270. The van der Waals surface area contributed by atoms with Crippen LogP contribution in [0.4, 0.5) is 10.1 Å². The zero-order valence-corrected chi connectivity index (χ0v) is 20.1. The third kappa shape index (κ3) is 5.81. The average molecular weight is 481 g/mol. The molecule has 5 rings (SSSR count). The molecule has 1 fully saturated rings. The highest BCUT2D eigenvalue weighted by Gasteiger charge is 2.30. The summed E-state index contributed by atoms with van der Waals surface area (Å²) in [5.74, 6) is 1.29. The number of anilines is 1. The summed E-state index contributed by atoms with van der Waals surface area (Å²) < 4.78 is 19.6. The van der Waals surface area contributed by atoms with Gasteiger partial charge < -0.3 is 9.64 Å². The van der Waals surface area contributed by atoms with E-state index in [-0.39, 0.29) is 17.8 Å². The Kier molecular flexibility index (Phi) is 7.39. The van der Waals surface area contributed by atoms with Crippen LogP contribution in [0.5, 0.6) is 11.5 Å². The number of amides is 1. The molecule has 1 heterocycles. The van der Waals surface area contributed by atoms with Gasteiger partial charge in [0.1, 0.15) is 17.3 Å². The number of para-hydroxylation sites is 1. The summed E-state index contributed by atoms with van der Waals surface area (Å²) in [6, 6.07) is 33.6. The van der Waals surface area contributed by atoms with Gasteiger partial charge in [-0.15, -0.1) is 0 Å². The van der Waals surface area contributed by atoms with Crippen molar-refractivity contribution < 1.29 is 13.9 Å². The normalized spacial score (nSPS) is 14.4. The molecule has 5 heteroatoms. The highest BCUT2D eigenvalue weighted by atomic mass is 19.1. The largest absolute Gasteiger partial charge is 0.457 e. The molecule has 0 bridgehead atoms. The summed E-state index contributed by atoms with van der Waals surface area (Å²) in [6.07, 6.45) is 1.69. The second kappa shape index (κ2) is 11.2. The van der Waals surface area contributed by atoms with Crippen molar-refractivity contribution in [2.75, 3.05) is 18.0 Å². The molecule has 0 aromatic heterocycles. The molecule has 4 aromatic carbocycles. The number of rotatable bonds is 7. The van der Waals surface area contributed by atoms with Gasteiger partial charge in [-0.1, -0.05) is 48.5 Å². The maximum absolute atomic E-state index is 13.6. The number of ether oxygens (including phenoxy) is 1. The van der Waals surface area contributed by atoms with Crippen LogP contribution in [0.25, 0.3) is 0 Å². The second-order valence-corrected chi connectivity index (χ2v) is 9.09. The predicted molar refractivity (Wildman–Crippen MR) is 141 cm³/mol. The molecule has 0 atom stereocenters. The zero-order valence-electron chi connectivity index (χ0n) is 20.1. The molecule has 4 aromatic rings. The van der Waals surface area contributed by atoms with E-state index in [1.807, 2.05) is 77.7 Å².